The van der Waals surface area contributed by atoms with Crippen molar-refractivity contribution in [2.24, 2.45) is 0 Å². The van der Waals surface area contributed by atoms with Crippen LogP contribution in [0.2, 0.25) is 0 Å². The number of ether oxygens (including phenoxy) is 1. The summed E-state index contributed by atoms with van der Waals surface area (Å²) in [6, 6.07) is 12.6. The van der Waals surface area contributed by atoms with Crippen molar-refractivity contribution in [3.05, 3.63) is 52.5 Å². The van der Waals surface area contributed by atoms with Gasteiger partial charge in [-0.05, 0) is 71.7 Å². The largest absolute Gasteiger partial charge is 0.480 e. The molecular weight excluding hydrogens is 372 g/mol. The molecule has 2 amide bonds. The van der Waals surface area contributed by atoms with Crippen molar-refractivity contribution in [3.63, 3.8) is 0 Å². The van der Waals surface area contributed by atoms with E-state index in [1.54, 1.807) is 31.2 Å². The Kier molecular flexibility index (Phi) is 5.98. The van der Waals surface area contributed by atoms with E-state index in [0.717, 1.165) is 10.0 Å². The van der Waals surface area contributed by atoms with Crippen molar-refractivity contribution in [3.8, 4) is 5.75 Å². The average molecular weight is 391 g/mol. The highest BCUT2D eigenvalue weighted by Gasteiger charge is 2.16. The Balaban J connectivity index is 1.97. The van der Waals surface area contributed by atoms with Gasteiger partial charge in [0.05, 0.1) is 4.47 Å². The summed E-state index contributed by atoms with van der Waals surface area (Å²) in [5.41, 5.74) is 2.41. The van der Waals surface area contributed by atoms with Crippen LogP contribution in [0.1, 0.15) is 19.4 Å². The zero-order valence-electron chi connectivity index (χ0n) is 13.7. The van der Waals surface area contributed by atoms with Gasteiger partial charge in [-0.1, -0.05) is 6.07 Å². The van der Waals surface area contributed by atoms with Crippen LogP contribution in [0, 0.1) is 6.92 Å². The number of nitrogens with one attached hydrogen (secondary N) is 2. The zero-order valence-corrected chi connectivity index (χ0v) is 15.3. The Morgan fingerprint density at radius 3 is 2.17 bits per heavy atom. The van der Waals surface area contributed by atoms with Gasteiger partial charge in [0.1, 0.15) is 5.75 Å². The summed E-state index contributed by atoms with van der Waals surface area (Å²) in [4.78, 5) is 23.2. The van der Waals surface area contributed by atoms with Gasteiger partial charge in [0, 0.05) is 18.3 Å². The normalized spacial score (nSPS) is 11.5. The first-order valence-electron chi connectivity index (χ1n) is 7.46. The van der Waals surface area contributed by atoms with Gasteiger partial charge in [-0.3, -0.25) is 9.59 Å². The van der Waals surface area contributed by atoms with Crippen LogP contribution in [0.15, 0.2) is 46.9 Å². The van der Waals surface area contributed by atoms with Crippen molar-refractivity contribution in [2.75, 3.05) is 10.6 Å². The molecular formula is C18H19BrN2O3. The summed E-state index contributed by atoms with van der Waals surface area (Å²) in [6.07, 6.45) is -0.654. The van der Waals surface area contributed by atoms with E-state index in [4.69, 9.17) is 4.74 Å². The number of carbonyl (C=O) groups excluding carboxylic acids is 2. The van der Waals surface area contributed by atoms with Crippen molar-refractivity contribution in [2.45, 2.75) is 26.9 Å². The SMILES string of the molecule is CC(=O)Nc1ccc(NC(=O)C(C)Oc2ccc(C)cc2Br)cc1. The number of hydrogen-bond acceptors (Lipinski definition) is 3. The third-order valence-corrected chi connectivity index (χ3v) is 3.85. The number of halogens is 1. The lowest BCUT2D eigenvalue weighted by Gasteiger charge is -2.16. The number of carbonyl (C=O) groups is 2. The van der Waals surface area contributed by atoms with E-state index in [2.05, 4.69) is 26.6 Å². The van der Waals surface area contributed by atoms with E-state index >= 15 is 0 Å². The molecule has 5 nitrogen and oxygen atoms in total. The Bertz CT molecular complexity index is 744. The number of anilines is 2. The number of hydrogen-bond donors (Lipinski definition) is 2. The second-order valence-corrected chi connectivity index (χ2v) is 6.30. The molecule has 24 heavy (non-hydrogen) atoms. The van der Waals surface area contributed by atoms with Crippen LogP contribution in [0.5, 0.6) is 5.75 Å². The smallest absolute Gasteiger partial charge is 0.265 e. The van der Waals surface area contributed by atoms with E-state index in [9.17, 15) is 9.59 Å². The van der Waals surface area contributed by atoms with Gasteiger partial charge in [-0.15, -0.1) is 0 Å². The van der Waals surface area contributed by atoms with Crippen LogP contribution in [0.4, 0.5) is 11.4 Å². The Labute approximate surface area is 149 Å². The van der Waals surface area contributed by atoms with Crippen LogP contribution in [0.3, 0.4) is 0 Å². The maximum absolute atomic E-state index is 12.2. The number of amides is 2. The highest BCUT2D eigenvalue weighted by atomic mass is 79.9. The van der Waals surface area contributed by atoms with Gasteiger partial charge in [-0.2, -0.15) is 0 Å². The fourth-order valence-electron chi connectivity index (χ4n) is 2.03. The minimum Gasteiger partial charge on any atom is -0.480 e. The monoisotopic (exact) mass is 390 g/mol. The topological polar surface area (TPSA) is 67.4 Å². The lowest BCUT2D eigenvalue weighted by atomic mass is 10.2. The van der Waals surface area contributed by atoms with Crippen molar-refractivity contribution >= 4 is 39.1 Å². The molecule has 2 aromatic rings. The Morgan fingerprint density at radius 1 is 1.04 bits per heavy atom. The highest BCUT2D eigenvalue weighted by molar-refractivity contribution is 9.10. The number of benzene rings is 2. The maximum Gasteiger partial charge on any atom is 0.265 e. The van der Waals surface area contributed by atoms with Gasteiger partial charge in [-0.25, -0.2) is 0 Å². The first-order chi connectivity index (χ1) is 11.3. The molecule has 0 saturated carbocycles. The molecule has 2 N–H and O–H groups in total. The van der Waals surface area contributed by atoms with Gasteiger partial charge >= 0.3 is 0 Å². The predicted molar refractivity (Wildman–Crippen MR) is 98.3 cm³/mol. The second kappa shape index (κ2) is 7.97. The molecule has 2 aromatic carbocycles. The Morgan fingerprint density at radius 2 is 1.62 bits per heavy atom. The van der Waals surface area contributed by atoms with Crippen molar-refractivity contribution in [1.82, 2.24) is 0 Å². The third-order valence-electron chi connectivity index (χ3n) is 3.23. The molecule has 0 aliphatic heterocycles. The van der Waals surface area contributed by atoms with E-state index in [0.29, 0.717) is 17.1 Å². The van der Waals surface area contributed by atoms with Gasteiger partial charge in [0.15, 0.2) is 6.10 Å². The highest BCUT2D eigenvalue weighted by Crippen LogP contribution is 2.26. The fraction of sp³-hybridized carbons (Fsp3) is 0.222. The predicted octanol–water partition coefficient (Wildman–Crippen LogP) is 4.12. The summed E-state index contributed by atoms with van der Waals surface area (Å²) in [5.74, 6) is 0.219. The molecule has 126 valence electrons. The van der Waals surface area contributed by atoms with Crippen molar-refractivity contribution in [1.29, 1.82) is 0 Å². The molecule has 0 fully saturated rings. The zero-order chi connectivity index (χ0) is 17.7. The molecule has 0 aromatic heterocycles. The summed E-state index contributed by atoms with van der Waals surface area (Å²) in [5, 5.41) is 5.45. The van der Waals surface area contributed by atoms with Crippen LogP contribution >= 0.6 is 15.9 Å². The second-order valence-electron chi connectivity index (χ2n) is 5.44. The Hall–Kier alpha value is -2.34. The third kappa shape index (κ3) is 5.09. The van der Waals surface area contributed by atoms with Crippen molar-refractivity contribution < 1.29 is 14.3 Å². The molecule has 6 heteroatoms. The van der Waals surface area contributed by atoms with E-state index in [1.165, 1.54) is 6.92 Å². The van der Waals surface area contributed by atoms with Crippen LogP contribution in [-0.2, 0) is 9.59 Å². The van der Waals surface area contributed by atoms with E-state index < -0.39 is 6.10 Å². The van der Waals surface area contributed by atoms with E-state index in [-0.39, 0.29) is 11.8 Å². The molecule has 0 aliphatic rings. The minimum absolute atomic E-state index is 0.141. The lowest BCUT2D eigenvalue weighted by molar-refractivity contribution is -0.122. The molecule has 0 saturated heterocycles. The molecule has 0 radical (unpaired) electrons. The molecule has 1 unspecified atom stereocenters. The average Bonchev–Trinajstić information content (AvgIpc) is 2.51. The quantitative estimate of drug-likeness (QED) is 0.806. The van der Waals surface area contributed by atoms with Gasteiger partial charge in [0.2, 0.25) is 5.91 Å². The summed E-state index contributed by atoms with van der Waals surface area (Å²) in [7, 11) is 0. The first-order valence-corrected chi connectivity index (χ1v) is 8.26. The summed E-state index contributed by atoms with van der Waals surface area (Å²) >= 11 is 3.43. The molecule has 0 bridgehead atoms. The van der Waals surface area contributed by atoms with Crippen LogP contribution < -0.4 is 15.4 Å². The standard InChI is InChI=1S/C18H19BrN2O3/c1-11-4-9-17(16(19)10-11)24-12(2)18(23)21-15-7-5-14(6-8-15)20-13(3)22/h4-10,12H,1-3H3,(H,20,22)(H,21,23). The number of rotatable bonds is 5. The van der Waals surface area contributed by atoms with Crippen LogP contribution in [-0.4, -0.2) is 17.9 Å². The maximum atomic E-state index is 12.2. The van der Waals surface area contributed by atoms with Gasteiger partial charge < -0.3 is 15.4 Å². The fourth-order valence-corrected chi connectivity index (χ4v) is 2.62. The molecule has 2 rings (SSSR count). The molecule has 0 spiro atoms. The lowest BCUT2D eigenvalue weighted by Crippen LogP contribution is -2.30. The number of aryl methyl sites for hydroxylation is 1. The molecule has 0 aliphatic carbocycles. The van der Waals surface area contributed by atoms with Gasteiger partial charge in [0.25, 0.3) is 5.91 Å². The minimum atomic E-state index is -0.654. The summed E-state index contributed by atoms with van der Waals surface area (Å²) in [6.45, 7) is 5.11. The molecule has 1 atom stereocenters. The first kappa shape index (κ1) is 18.0. The molecule has 0 heterocycles. The van der Waals surface area contributed by atoms with E-state index in [1.807, 2.05) is 25.1 Å². The summed E-state index contributed by atoms with van der Waals surface area (Å²) < 4.78 is 6.50. The van der Waals surface area contributed by atoms with Crippen LogP contribution in [0.25, 0.3) is 0 Å².